The van der Waals surface area contributed by atoms with E-state index < -0.39 is 0 Å². The van der Waals surface area contributed by atoms with Gasteiger partial charge in [-0.25, -0.2) is 0 Å². The second kappa shape index (κ2) is 7.23. The molecule has 4 rings (SSSR count). The predicted molar refractivity (Wildman–Crippen MR) is 104 cm³/mol. The van der Waals surface area contributed by atoms with Crippen molar-refractivity contribution in [2.24, 2.45) is 5.10 Å². The van der Waals surface area contributed by atoms with Gasteiger partial charge in [-0.3, -0.25) is 0 Å². The molecule has 0 spiro atoms. The first-order valence-corrected chi connectivity index (χ1v) is 8.84. The zero-order valence-electron chi connectivity index (χ0n) is 15.6. The first-order chi connectivity index (χ1) is 13.2. The van der Waals surface area contributed by atoms with E-state index in [4.69, 9.17) is 18.9 Å². The second-order valence-corrected chi connectivity index (χ2v) is 6.51. The molecule has 6 heteroatoms. The lowest BCUT2D eigenvalue weighted by Crippen LogP contribution is -2.21. The summed E-state index contributed by atoms with van der Waals surface area (Å²) in [7, 11) is 3.27. The topological polar surface area (TPSA) is 61.3 Å². The van der Waals surface area contributed by atoms with Crippen molar-refractivity contribution < 1.29 is 18.9 Å². The van der Waals surface area contributed by atoms with Crippen molar-refractivity contribution in [1.29, 1.82) is 0 Å². The van der Waals surface area contributed by atoms with E-state index in [0.717, 1.165) is 34.8 Å². The number of hydrogen-bond acceptors (Lipinski definition) is 6. The lowest BCUT2D eigenvalue weighted by Gasteiger charge is -2.11. The number of nitrogens with zero attached hydrogens (tertiary/aromatic N) is 1. The van der Waals surface area contributed by atoms with Crippen LogP contribution >= 0.6 is 0 Å². The minimum atomic E-state index is 0.223. The molecule has 2 aliphatic rings. The molecule has 0 saturated carbocycles. The van der Waals surface area contributed by atoms with E-state index in [9.17, 15) is 0 Å². The molecule has 2 aromatic carbocycles. The maximum absolute atomic E-state index is 5.55. The van der Waals surface area contributed by atoms with E-state index in [-0.39, 0.29) is 12.8 Å². The van der Waals surface area contributed by atoms with E-state index >= 15 is 0 Å². The van der Waals surface area contributed by atoms with Crippen molar-refractivity contribution >= 4 is 11.8 Å². The van der Waals surface area contributed by atoms with Crippen molar-refractivity contribution in [3.8, 4) is 23.0 Å². The molecule has 2 aliphatic heterocycles. The number of nitrogens with one attached hydrogen (secondary N) is 1. The maximum atomic E-state index is 5.55. The highest BCUT2D eigenvalue weighted by atomic mass is 16.7. The minimum Gasteiger partial charge on any atom is -0.493 e. The quantitative estimate of drug-likeness (QED) is 0.899. The Labute approximate surface area is 158 Å². The smallest absolute Gasteiger partial charge is 0.231 e. The molecule has 27 heavy (non-hydrogen) atoms. The second-order valence-electron chi connectivity index (χ2n) is 6.51. The Hall–Kier alpha value is -3.15. The van der Waals surface area contributed by atoms with Crippen LogP contribution in [0.1, 0.15) is 23.6 Å². The van der Waals surface area contributed by atoms with E-state index in [1.54, 1.807) is 14.2 Å². The van der Waals surface area contributed by atoms with Gasteiger partial charge in [-0.2, -0.15) is 5.10 Å². The summed E-state index contributed by atoms with van der Waals surface area (Å²) in [5.41, 5.74) is 7.16. The normalized spacial score (nSPS) is 17.7. The third-order valence-corrected chi connectivity index (χ3v) is 4.66. The maximum Gasteiger partial charge on any atom is 0.231 e. The van der Waals surface area contributed by atoms with E-state index in [1.807, 2.05) is 36.4 Å². The number of fused-ring (bicyclic) bond motifs is 2. The molecule has 6 nitrogen and oxygen atoms in total. The van der Waals surface area contributed by atoms with Crippen molar-refractivity contribution in [3.05, 3.63) is 53.1 Å². The van der Waals surface area contributed by atoms with E-state index in [0.29, 0.717) is 11.5 Å². The summed E-state index contributed by atoms with van der Waals surface area (Å²) in [5.74, 6) is 2.93. The van der Waals surface area contributed by atoms with Gasteiger partial charge in [-0.05, 0) is 49.3 Å². The number of benzene rings is 2. The average molecular weight is 366 g/mol. The summed E-state index contributed by atoms with van der Waals surface area (Å²) in [6, 6.07) is 10.1. The molecule has 140 valence electrons. The standard InChI is InChI=1S/C21H22N2O4/c1-13-9-15-10-19-20(27-12-26-19)11-16(15)17(23-22-13)8-7-14-5-4-6-18(24-2)21(14)25-3/h4-8,10-11,13,22H,9,12H2,1-3H3/b8-7+. The highest BCUT2D eigenvalue weighted by molar-refractivity contribution is 6.12. The highest BCUT2D eigenvalue weighted by Gasteiger charge is 2.22. The van der Waals surface area contributed by atoms with Crippen LogP contribution in [-0.4, -0.2) is 32.8 Å². The summed E-state index contributed by atoms with van der Waals surface area (Å²) in [5, 5.41) is 4.60. The van der Waals surface area contributed by atoms with Crippen LogP contribution in [0.3, 0.4) is 0 Å². The molecule has 1 unspecified atom stereocenters. The Bertz CT molecular complexity index is 921. The molecule has 1 atom stereocenters. The van der Waals surface area contributed by atoms with Crippen LogP contribution in [-0.2, 0) is 6.42 Å². The van der Waals surface area contributed by atoms with Gasteiger partial charge < -0.3 is 24.4 Å². The van der Waals surface area contributed by atoms with Gasteiger partial charge in [0.2, 0.25) is 6.79 Å². The Morgan fingerprint density at radius 2 is 1.93 bits per heavy atom. The third-order valence-electron chi connectivity index (χ3n) is 4.66. The zero-order chi connectivity index (χ0) is 18.8. The number of ether oxygens (including phenoxy) is 4. The molecule has 0 saturated heterocycles. The van der Waals surface area contributed by atoms with Crippen LogP contribution in [0.5, 0.6) is 23.0 Å². The minimum absolute atomic E-state index is 0.223. The van der Waals surface area contributed by atoms with Gasteiger partial charge in [0.05, 0.1) is 19.9 Å². The van der Waals surface area contributed by atoms with Gasteiger partial charge in [-0.15, -0.1) is 0 Å². The van der Waals surface area contributed by atoms with Crippen molar-refractivity contribution in [3.63, 3.8) is 0 Å². The lowest BCUT2D eigenvalue weighted by molar-refractivity contribution is 0.174. The van der Waals surface area contributed by atoms with E-state index in [1.165, 1.54) is 5.56 Å². The molecule has 0 amide bonds. The number of rotatable bonds is 4. The van der Waals surface area contributed by atoms with Crippen LogP contribution in [0.4, 0.5) is 0 Å². The predicted octanol–water partition coefficient (Wildman–Crippen LogP) is 3.38. The summed E-state index contributed by atoms with van der Waals surface area (Å²) >= 11 is 0. The summed E-state index contributed by atoms with van der Waals surface area (Å²) < 4.78 is 22.0. The molecule has 2 heterocycles. The van der Waals surface area contributed by atoms with Gasteiger partial charge in [0, 0.05) is 17.2 Å². The van der Waals surface area contributed by atoms with Crippen molar-refractivity contribution in [2.75, 3.05) is 21.0 Å². The van der Waals surface area contributed by atoms with Crippen molar-refractivity contribution in [2.45, 2.75) is 19.4 Å². The molecular formula is C21H22N2O4. The Balaban J connectivity index is 1.74. The fourth-order valence-corrected chi connectivity index (χ4v) is 3.35. The summed E-state index contributed by atoms with van der Waals surface area (Å²) in [6.45, 7) is 2.37. The molecule has 0 radical (unpaired) electrons. The van der Waals surface area contributed by atoms with Crippen LogP contribution in [0.25, 0.3) is 6.08 Å². The van der Waals surface area contributed by atoms with E-state index in [2.05, 4.69) is 23.5 Å². The third kappa shape index (κ3) is 3.30. The van der Waals surface area contributed by atoms with Crippen LogP contribution in [0.15, 0.2) is 41.5 Å². The number of hydrogen-bond donors (Lipinski definition) is 1. The molecule has 0 aromatic heterocycles. The van der Waals surface area contributed by atoms with Gasteiger partial charge in [0.15, 0.2) is 23.0 Å². The molecule has 0 aliphatic carbocycles. The summed E-state index contributed by atoms with van der Waals surface area (Å²) in [4.78, 5) is 0. The monoisotopic (exact) mass is 366 g/mol. The Morgan fingerprint density at radius 1 is 1.11 bits per heavy atom. The van der Waals surface area contributed by atoms with Gasteiger partial charge in [0.1, 0.15) is 0 Å². The number of allylic oxidation sites excluding steroid dienone is 1. The number of para-hydroxylation sites is 1. The fraction of sp³-hybridized carbons (Fsp3) is 0.286. The average Bonchev–Trinajstić information content (AvgIpc) is 3.08. The van der Waals surface area contributed by atoms with Gasteiger partial charge >= 0.3 is 0 Å². The molecular weight excluding hydrogens is 344 g/mol. The molecule has 2 aromatic rings. The first-order valence-electron chi connectivity index (χ1n) is 8.84. The molecule has 0 fully saturated rings. The van der Waals surface area contributed by atoms with Crippen LogP contribution < -0.4 is 24.4 Å². The lowest BCUT2D eigenvalue weighted by atomic mass is 9.97. The summed E-state index contributed by atoms with van der Waals surface area (Å²) in [6.07, 6.45) is 4.81. The number of methoxy groups -OCH3 is 2. The molecule has 1 N–H and O–H groups in total. The van der Waals surface area contributed by atoms with Crippen molar-refractivity contribution in [1.82, 2.24) is 5.43 Å². The SMILES string of the molecule is COc1cccc(/C=C/C2=NNC(C)Cc3cc4c(cc32)OCO4)c1OC. The Morgan fingerprint density at radius 3 is 2.70 bits per heavy atom. The highest BCUT2D eigenvalue weighted by Crippen LogP contribution is 2.36. The van der Waals surface area contributed by atoms with Gasteiger partial charge in [-0.1, -0.05) is 12.1 Å². The fourth-order valence-electron chi connectivity index (χ4n) is 3.35. The number of hydrazone groups is 1. The Kier molecular flexibility index (Phi) is 4.62. The van der Waals surface area contributed by atoms with Crippen LogP contribution in [0, 0.1) is 0 Å². The largest absolute Gasteiger partial charge is 0.493 e. The molecule has 0 bridgehead atoms. The van der Waals surface area contributed by atoms with Crippen LogP contribution in [0.2, 0.25) is 0 Å². The first kappa shape index (κ1) is 17.3. The van der Waals surface area contributed by atoms with Gasteiger partial charge in [0.25, 0.3) is 0 Å². The zero-order valence-corrected chi connectivity index (χ0v) is 15.6.